The van der Waals surface area contributed by atoms with Crippen LogP contribution in [0.2, 0.25) is 0 Å². The van der Waals surface area contributed by atoms with E-state index in [1.165, 1.54) is 0 Å². The highest BCUT2D eigenvalue weighted by molar-refractivity contribution is 9.10. The van der Waals surface area contributed by atoms with Crippen LogP contribution in [0.1, 0.15) is 15.9 Å². The van der Waals surface area contributed by atoms with Crippen LogP contribution in [0.15, 0.2) is 58.0 Å². The van der Waals surface area contributed by atoms with Crippen LogP contribution in [0.4, 0.5) is 0 Å². The van der Waals surface area contributed by atoms with Crippen LogP contribution in [0, 0.1) is 0 Å². The minimum absolute atomic E-state index is 0.0549. The van der Waals surface area contributed by atoms with E-state index < -0.39 is 0 Å². The summed E-state index contributed by atoms with van der Waals surface area (Å²) in [6.07, 6.45) is 3.77. The molecule has 20 heavy (non-hydrogen) atoms. The first kappa shape index (κ1) is 13.5. The number of carbonyl (C=O) groups excluding carboxylic acids is 1. The first-order valence-electron chi connectivity index (χ1n) is 6.15. The maximum absolute atomic E-state index is 12.8. The number of hydrogen-bond acceptors (Lipinski definition) is 2. The lowest BCUT2D eigenvalue weighted by molar-refractivity contribution is 0.103. The van der Waals surface area contributed by atoms with E-state index in [-0.39, 0.29) is 5.78 Å². The Kier molecular flexibility index (Phi) is 3.68. The maximum atomic E-state index is 12.8. The lowest BCUT2D eigenvalue weighted by Crippen LogP contribution is -2.02. The first-order chi connectivity index (χ1) is 9.70. The summed E-state index contributed by atoms with van der Waals surface area (Å²) in [7, 11) is 0. The number of ketones is 1. The molecule has 1 heterocycles. The van der Waals surface area contributed by atoms with E-state index in [1.54, 1.807) is 18.0 Å². The zero-order valence-electron chi connectivity index (χ0n) is 10.8. The molecule has 0 aliphatic carbocycles. The molecule has 0 atom stereocenters. The summed E-state index contributed by atoms with van der Waals surface area (Å²) in [5.41, 5.74) is 2.43. The number of benzene rings is 2. The number of hydrogen-bond donors (Lipinski definition) is 1. The molecule has 0 bridgehead atoms. The third kappa shape index (κ3) is 2.30. The van der Waals surface area contributed by atoms with Crippen molar-refractivity contribution in [2.45, 2.75) is 4.90 Å². The predicted octanol–water partition coefficient (Wildman–Crippen LogP) is 4.88. The Bertz CT molecular complexity index is 794. The van der Waals surface area contributed by atoms with Gasteiger partial charge in [-0.1, -0.05) is 28.1 Å². The second-order valence-corrected chi connectivity index (χ2v) is 6.19. The van der Waals surface area contributed by atoms with Crippen LogP contribution in [-0.4, -0.2) is 17.0 Å². The van der Waals surface area contributed by atoms with Crippen molar-refractivity contribution in [3.05, 3.63) is 64.3 Å². The number of aromatic amines is 1. The SMILES string of the molecule is CSc1ccccc1C(=O)c1c[nH]c2ccc(Br)cc12. The molecule has 4 heteroatoms. The Hall–Kier alpha value is -1.52. The van der Waals surface area contributed by atoms with Crippen molar-refractivity contribution in [1.82, 2.24) is 4.98 Å². The van der Waals surface area contributed by atoms with Gasteiger partial charge in [0, 0.05) is 37.6 Å². The molecule has 0 saturated carbocycles. The summed E-state index contributed by atoms with van der Waals surface area (Å²) in [6, 6.07) is 13.6. The number of aromatic nitrogens is 1. The highest BCUT2D eigenvalue weighted by Gasteiger charge is 2.16. The second kappa shape index (κ2) is 5.46. The Labute approximate surface area is 129 Å². The van der Waals surface area contributed by atoms with Crippen molar-refractivity contribution in [3.8, 4) is 0 Å². The minimum Gasteiger partial charge on any atom is -0.360 e. The minimum atomic E-state index is 0.0549. The second-order valence-electron chi connectivity index (χ2n) is 4.42. The summed E-state index contributed by atoms with van der Waals surface area (Å²) in [5, 5.41) is 0.945. The lowest BCUT2D eigenvalue weighted by Gasteiger charge is -2.05. The van der Waals surface area contributed by atoms with E-state index in [9.17, 15) is 4.79 Å². The number of H-pyrrole nitrogens is 1. The topological polar surface area (TPSA) is 32.9 Å². The number of fused-ring (bicyclic) bond motifs is 1. The molecule has 0 amide bonds. The van der Waals surface area contributed by atoms with Crippen LogP contribution >= 0.6 is 27.7 Å². The van der Waals surface area contributed by atoms with Crippen molar-refractivity contribution in [2.24, 2.45) is 0 Å². The number of halogens is 1. The number of carbonyl (C=O) groups is 1. The average molecular weight is 346 g/mol. The molecular formula is C16H12BrNOS. The highest BCUT2D eigenvalue weighted by Crippen LogP contribution is 2.28. The fourth-order valence-electron chi connectivity index (χ4n) is 2.26. The van der Waals surface area contributed by atoms with Gasteiger partial charge in [-0.25, -0.2) is 0 Å². The summed E-state index contributed by atoms with van der Waals surface area (Å²) >= 11 is 5.04. The molecule has 3 aromatic rings. The molecule has 0 fully saturated rings. The van der Waals surface area contributed by atoms with E-state index in [0.717, 1.165) is 25.8 Å². The van der Waals surface area contributed by atoms with Gasteiger partial charge < -0.3 is 4.98 Å². The van der Waals surface area contributed by atoms with E-state index in [1.807, 2.05) is 48.7 Å². The smallest absolute Gasteiger partial charge is 0.196 e. The van der Waals surface area contributed by atoms with Gasteiger partial charge >= 0.3 is 0 Å². The monoisotopic (exact) mass is 345 g/mol. The molecule has 0 spiro atoms. The van der Waals surface area contributed by atoms with Gasteiger partial charge in [-0.15, -0.1) is 11.8 Å². The molecular weight excluding hydrogens is 334 g/mol. The quantitative estimate of drug-likeness (QED) is 0.541. The third-order valence-corrected chi connectivity index (χ3v) is 4.53. The van der Waals surface area contributed by atoms with Crippen LogP contribution in [0.25, 0.3) is 10.9 Å². The molecule has 0 saturated heterocycles. The molecule has 100 valence electrons. The van der Waals surface area contributed by atoms with E-state index in [0.29, 0.717) is 5.56 Å². The molecule has 3 rings (SSSR count). The number of nitrogens with one attached hydrogen (secondary N) is 1. The van der Waals surface area contributed by atoms with E-state index >= 15 is 0 Å². The van der Waals surface area contributed by atoms with Crippen LogP contribution in [0.3, 0.4) is 0 Å². The Morgan fingerprint density at radius 1 is 1.15 bits per heavy atom. The van der Waals surface area contributed by atoms with Crippen molar-refractivity contribution in [1.29, 1.82) is 0 Å². The molecule has 0 unspecified atom stereocenters. The van der Waals surface area contributed by atoms with Gasteiger partial charge in [0.2, 0.25) is 0 Å². The maximum Gasteiger partial charge on any atom is 0.196 e. The molecule has 0 radical (unpaired) electrons. The molecule has 1 aromatic heterocycles. The van der Waals surface area contributed by atoms with Gasteiger partial charge in [0.15, 0.2) is 5.78 Å². The summed E-state index contributed by atoms with van der Waals surface area (Å²) in [5.74, 6) is 0.0549. The van der Waals surface area contributed by atoms with E-state index in [2.05, 4.69) is 20.9 Å². The largest absolute Gasteiger partial charge is 0.360 e. The fourth-order valence-corrected chi connectivity index (χ4v) is 3.21. The molecule has 2 aromatic carbocycles. The van der Waals surface area contributed by atoms with Crippen molar-refractivity contribution in [3.63, 3.8) is 0 Å². The summed E-state index contributed by atoms with van der Waals surface area (Å²) < 4.78 is 0.969. The van der Waals surface area contributed by atoms with Crippen molar-refractivity contribution >= 4 is 44.4 Å². The average Bonchev–Trinajstić information content (AvgIpc) is 2.89. The number of thioether (sulfide) groups is 1. The highest BCUT2D eigenvalue weighted by atomic mass is 79.9. The van der Waals surface area contributed by atoms with Crippen LogP contribution < -0.4 is 0 Å². The number of rotatable bonds is 3. The standard InChI is InChI=1S/C16H12BrNOS/c1-20-15-5-3-2-4-11(15)16(19)13-9-18-14-7-6-10(17)8-12(13)14/h2-9,18H,1H3. The summed E-state index contributed by atoms with van der Waals surface area (Å²) in [4.78, 5) is 16.9. The predicted molar refractivity (Wildman–Crippen MR) is 87.7 cm³/mol. The van der Waals surface area contributed by atoms with Crippen molar-refractivity contribution in [2.75, 3.05) is 6.26 Å². The van der Waals surface area contributed by atoms with Crippen LogP contribution in [0.5, 0.6) is 0 Å². The Morgan fingerprint density at radius 2 is 1.95 bits per heavy atom. The lowest BCUT2D eigenvalue weighted by atomic mass is 10.0. The van der Waals surface area contributed by atoms with Crippen molar-refractivity contribution < 1.29 is 4.79 Å². The van der Waals surface area contributed by atoms with Gasteiger partial charge in [-0.05, 0) is 36.6 Å². The normalized spacial score (nSPS) is 10.9. The zero-order chi connectivity index (χ0) is 14.1. The van der Waals surface area contributed by atoms with E-state index in [4.69, 9.17) is 0 Å². The van der Waals surface area contributed by atoms with Gasteiger partial charge in [0.05, 0.1) is 0 Å². The Morgan fingerprint density at radius 3 is 2.75 bits per heavy atom. The zero-order valence-corrected chi connectivity index (χ0v) is 13.2. The molecule has 0 aliphatic rings. The molecule has 1 N–H and O–H groups in total. The van der Waals surface area contributed by atoms with Gasteiger partial charge in [0.25, 0.3) is 0 Å². The van der Waals surface area contributed by atoms with Crippen LogP contribution in [-0.2, 0) is 0 Å². The van der Waals surface area contributed by atoms with Gasteiger partial charge in [0.1, 0.15) is 0 Å². The van der Waals surface area contributed by atoms with Gasteiger partial charge in [-0.3, -0.25) is 4.79 Å². The Balaban J connectivity index is 2.15. The molecule has 0 aliphatic heterocycles. The molecule has 2 nitrogen and oxygen atoms in total. The third-order valence-electron chi connectivity index (χ3n) is 3.24. The first-order valence-corrected chi connectivity index (χ1v) is 8.17. The summed E-state index contributed by atoms with van der Waals surface area (Å²) in [6.45, 7) is 0. The fraction of sp³-hybridized carbons (Fsp3) is 0.0625. The van der Waals surface area contributed by atoms with Gasteiger partial charge in [-0.2, -0.15) is 0 Å².